The Kier molecular flexibility index (Phi) is 6.69. The molecule has 0 saturated carbocycles. The number of likely N-dealkylation sites (N-methyl/N-ethyl adjacent to an activating group) is 1. The fourth-order valence-electron chi connectivity index (χ4n) is 3.52. The summed E-state index contributed by atoms with van der Waals surface area (Å²) in [5.41, 5.74) is 0.893. The lowest BCUT2D eigenvalue weighted by Crippen LogP contribution is -2.47. The van der Waals surface area contributed by atoms with Gasteiger partial charge in [0.2, 0.25) is 11.8 Å². The van der Waals surface area contributed by atoms with Crippen molar-refractivity contribution in [1.82, 2.24) is 24.7 Å². The van der Waals surface area contributed by atoms with Crippen LogP contribution in [0.3, 0.4) is 0 Å². The van der Waals surface area contributed by atoms with Crippen LogP contribution in [0, 0.1) is 13.8 Å². The summed E-state index contributed by atoms with van der Waals surface area (Å²) in [6, 6.07) is 0.118. The maximum Gasteiger partial charge on any atom is 0.262 e. The van der Waals surface area contributed by atoms with Crippen molar-refractivity contribution in [2.24, 2.45) is 0 Å². The van der Waals surface area contributed by atoms with Crippen LogP contribution in [0.2, 0.25) is 0 Å². The van der Waals surface area contributed by atoms with Crippen LogP contribution in [-0.2, 0) is 16.1 Å². The van der Waals surface area contributed by atoms with Gasteiger partial charge in [-0.1, -0.05) is 0 Å². The van der Waals surface area contributed by atoms with Gasteiger partial charge >= 0.3 is 0 Å². The molecule has 9 heteroatoms. The first-order chi connectivity index (χ1) is 13.8. The van der Waals surface area contributed by atoms with E-state index in [0.29, 0.717) is 18.5 Å². The molecule has 0 aromatic carbocycles. The van der Waals surface area contributed by atoms with Crippen LogP contribution in [0.15, 0.2) is 11.1 Å². The normalized spacial score (nSPS) is 15.6. The van der Waals surface area contributed by atoms with E-state index in [-0.39, 0.29) is 29.8 Å². The minimum absolute atomic E-state index is 0.0574. The summed E-state index contributed by atoms with van der Waals surface area (Å²) >= 11 is 1.52. The Hall–Kier alpha value is -2.26. The average molecular weight is 420 g/mol. The second-order valence-corrected chi connectivity index (χ2v) is 9.07. The SMILES string of the molecule is Cc1sc2ncn(CCC(=O)NC3CCN(CC(=O)N(C)C)CC3)c(=O)c2c1C. The van der Waals surface area contributed by atoms with Gasteiger partial charge in [0, 0.05) is 51.1 Å². The largest absolute Gasteiger partial charge is 0.353 e. The molecule has 2 amide bonds. The van der Waals surface area contributed by atoms with E-state index in [1.165, 1.54) is 22.2 Å². The number of amides is 2. The van der Waals surface area contributed by atoms with E-state index < -0.39 is 0 Å². The first kappa shape index (κ1) is 21.4. The number of carbonyl (C=O) groups is 2. The number of aryl methyl sites for hydroxylation is 3. The molecule has 0 atom stereocenters. The molecule has 0 spiro atoms. The summed E-state index contributed by atoms with van der Waals surface area (Å²) in [7, 11) is 3.52. The zero-order valence-corrected chi connectivity index (χ0v) is 18.3. The van der Waals surface area contributed by atoms with Crippen LogP contribution in [0.4, 0.5) is 0 Å². The molecule has 1 aliphatic heterocycles. The van der Waals surface area contributed by atoms with Gasteiger partial charge in [0.1, 0.15) is 4.83 Å². The predicted molar refractivity (Wildman–Crippen MR) is 114 cm³/mol. The average Bonchev–Trinajstić information content (AvgIpc) is 2.97. The third-order valence-corrected chi connectivity index (χ3v) is 6.66. The Balaban J connectivity index is 1.49. The van der Waals surface area contributed by atoms with E-state index in [9.17, 15) is 14.4 Å². The molecule has 3 heterocycles. The highest BCUT2D eigenvalue weighted by atomic mass is 32.1. The molecule has 158 valence electrons. The number of fused-ring (bicyclic) bond motifs is 1. The molecular weight excluding hydrogens is 390 g/mol. The number of hydrogen-bond acceptors (Lipinski definition) is 6. The minimum Gasteiger partial charge on any atom is -0.353 e. The Morgan fingerprint density at radius 3 is 2.62 bits per heavy atom. The van der Waals surface area contributed by atoms with Crippen molar-refractivity contribution in [3.63, 3.8) is 0 Å². The van der Waals surface area contributed by atoms with Gasteiger partial charge in [-0.25, -0.2) is 4.98 Å². The Morgan fingerprint density at radius 1 is 1.28 bits per heavy atom. The summed E-state index contributed by atoms with van der Waals surface area (Å²) in [6.45, 7) is 6.25. The summed E-state index contributed by atoms with van der Waals surface area (Å²) in [6.07, 6.45) is 3.43. The smallest absolute Gasteiger partial charge is 0.262 e. The number of likely N-dealkylation sites (tertiary alicyclic amines) is 1. The third-order valence-electron chi connectivity index (χ3n) is 5.55. The zero-order chi connectivity index (χ0) is 21.1. The topological polar surface area (TPSA) is 87.5 Å². The standard InChI is InChI=1S/C20H29N5O3S/c1-13-14(2)29-19-18(13)20(28)25(12-21-19)10-7-16(26)22-15-5-8-24(9-6-15)11-17(27)23(3)4/h12,15H,5-11H2,1-4H3,(H,22,26). The van der Waals surface area contributed by atoms with Crippen molar-refractivity contribution in [3.8, 4) is 0 Å². The quantitative estimate of drug-likeness (QED) is 0.759. The number of piperidine rings is 1. The van der Waals surface area contributed by atoms with Crippen LogP contribution in [-0.4, -0.2) is 70.9 Å². The van der Waals surface area contributed by atoms with Crippen molar-refractivity contribution in [2.75, 3.05) is 33.7 Å². The van der Waals surface area contributed by atoms with E-state index in [2.05, 4.69) is 15.2 Å². The molecule has 0 aliphatic carbocycles. The number of thiophene rings is 1. The van der Waals surface area contributed by atoms with Crippen LogP contribution in [0.1, 0.15) is 29.7 Å². The molecule has 1 N–H and O–H groups in total. The van der Waals surface area contributed by atoms with Gasteiger partial charge in [0.15, 0.2) is 0 Å². The molecule has 0 unspecified atom stereocenters. The van der Waals surface area contributed by atoms with Crippen LogP contribution in [0.25, 0.3) is 10.2 Å². The van der Waals surface area contributed by atoms with E-state index in [1.807, 2.05) is 13.8 Å². The molecule has 2 aromatic rings. The van der Waals surface area contributed by atoms with E-state index in [4.69, 9.17) is 0 Å². The fraction of sp³-hybridized carbons (Fsp3) is 0.600. The van der Waals surface area contributed by atoms with Crippen LogP contribution >= 0.6 is 11.3 Å². The second kappa shape index (κ2) is 9.04. The zero-order valence-electron chi connectivity index (χ0n) is 17.5. The number of carbonyl (C=O) groups excluding carboxylic acids is 2. The van der Waals surface area contributed by atoms with Gasteiger partial charge in [-0.15, -0.1) is 11.3 Å². The maximum atomic E-state index is 12.7. The molecule has 1 fully saturated rings. The minimum atomic E-state index is -0.0801. The Morgan fingerprint density at radius 2 is 1.97 bits per heavy atom. The molecule has 2 aromatic heterocycles. The highest BCUT2D eigenvalue weighted by Gasteiger charge is 2.22. The molecule has 1 saturated heterocycles. The molecule has 8 nitrogen and oxygen atoms in total. The van der Waals surface area contributed by atoms with Crippen LogP contribution in [0.5, 0.6) is 0 Å². The fourth-order valence-corrected chi connectivity index (χ4v) is 4.51. The number of aromatic nitrogens is 2. The van der Waals surface area contributed by atoms with E-state index in [0.717, 1.165) is 41.2 Å². The van der Waals surface area contributed by atoms with Crippen molar-refractivity contribution in [3.05, 3.63) is 27.1 Å². The molecule has 3 rings (SSSR count). The number of nitrogens with zero attached hydrogens (tertiary/aromatic N) is 4. The number of hydrogen-bond donors (Lipinski definition) is 1. The molecule has 29 heavy (non-hydrogen) atoms. The van der Waals surface area contributed by atoms with E-state index >= 15 is 0 Å². The lowest BCUT2D eigenvalue weighted by Gasteiger charge is -2.32. The highest BCUT2D eigenvalue weighted by Crippen LogP contribution is 2.25. The lowest BCUT2D eigenvalue weighted by molar-refractivity contribution is -0.130. The summed E-state index contributed by atoms with van der Waals surface area (Å²) in [5.74, 6) is 0.0394. The van der Waals surface area contributed by atoms with Crippen LogP contribution < -0.4 is 10.9 Å². The summed E-state index contributed by atoms with van der Waals surface area (Å²) in [5, 5.41) is 3.73. The van der Waals surface area contributed by atoms with Crippen molar-refractivity contribution in [1.29, 1.82) is 0 Å². The third kappa shape index (κ3) is 5.02. The lowest BCUT2D eigenvalue weighted by atomic mass is 10.0. The molecule has 0 bridgehead atoms. The van der Waals surface area contributed by atoms with Gasteiger partial charge in [0.05, 0.1) is 18.3 Å². The molecular formula is C20H29N5O3S. The van der Waals surface area contributed by atoms with Crippen molar-refractivity contribution in [2.45, 2.75) is 45.7 Å². The molecule has 1 aliphatic rings. The first-order valence-corrected chi connectivity index (χ1v) is 10.7. The second-order valence-electron chi connectivity index (χ2n) is 7.86. The van der Waals surface area contributed by atoms with Crippen molar-refractivity contribution < 1.29 is 9.59 Å². The molecule has 0 radical (unpaired) electrons. The van der Waals surface area contributed by atoms with Gasteiger partial charge in [-0.2, -0.15) is 0 Å². The Labute approximate surface area is 174 Å². The Bertz CT molecular complexity index is 957. The summed E-state index contributed by atoms with van der Waals surface area (Å²) < 4.78 is 1.52. The predicted octanol–water partition coefficient (Wildman–Crippen LogP) is 1.13. The van der Waals surface area contributed by atoms with Gasteiger partial charge in [-0.05, 0) is 32.3 Å². The first-order valence-electron chi connectivity index (χ1n) is 9.93. The number of nitrogens with one attached hydrogen (secondary N) is 1. The number of rotatable bonds is 6. The van der Waals surface area contributed by atoms with Gasteiger partial charge < -0.3 is 10.2 Å². The van der Waals surface area contributed by atoms with Crippen molar-refractivity contribution >= 4 is 33.4 Å². The monoisotopic (exact) mass is 419 g/mol. The summed E-state index contributed by atoms with van der Waals surface area (Å²) in [4.78, 5) is 46.8. The van der Waals surface area contributed by atoms with Gasteiger partial charge in [-0.3, -0.25) is 23.9 Å². The highest BCUT2D eigenvalue weighted by molar-refractivity contribution is 7.18. The van der Waals surface area contributed by atoms with Gasteiger partial charge in [0.25, 0.3) is 5.56 Å². The van der Waals surface area contributed by atoms with E-state index in [1.54, 1.807) is 19.0 Å². The maximum absolute atomic E-state index is 12.7.